The van der Waals surface area contributed by atoms with Crippen LogP contribution in [0.4, 0.5) is 8.78 Å². The number of nitrogens with one attached hydrogen (secondary N) is 1. The molecule has 4 N–H and O–H groups in total. The van der Waals surface area contributed by atoms with E-state index in [9.17, 15) is 28.3 Å². The number of aromatic amines is 1. The highest BCUT2D eigenvalue weighted by atomic mass is 19.3. The van der Waals surface area contributed by atoms with Crippen molar-refractivity contribution < 1.29 is 33.0 Å². The van der Waals surface area contributed by atoms with Crippen molar-refractivity contribution in [2.75, 3.05) is 7.11 Å². The number of aromatic hydroxyl groups is 1. The number of nitrogens with two attached hydrogens (primary N) is 1. The Balaban J connectivity index is 2.63. The second-order valence-corrected chi connectivity index (χ2v) is 5.46. The fourth-order valence-corrected chi connectivity index (χ4v) is 2.62. The number of primary amides is 1. The van der Waals surface area contributed by atoms with Gasteiger partial charge in [-0.05, 0) is 17.7 Å². The molecule has 1 amide bonds. The quantitative estimate of drug-likeness (QED) is 0.622. The van der Waals surface area contributed by atoms with E-state index in [0.717, 1.165) is 13.3 Å². The van der Waals surface area contributed by atoms with Gasteiger partial charge in [0.15, 0.2) is 0 Å². The number of alkyl halides is 2. The number of amides is 1. The van der Waals surface area contributed by atoms with Crippen LogP contribution in [0.1, 0.15) is 33.8 Å². The number of halogens is 2. The first-order valence-corrected chi connectivity index (χ1v) is 7.60. The number of hydrogen-bond acceptors (Lipinski definition) is 6. The molecule has 1 aromatic carbocycles. The summed E-state index contributed by atoms with van der Waals surface area (Å²) in [5.41, 5.74) is 3.99. The van der Waals surface area contributed by atoms with Crippen LogP contribution in [-0.4, -0.2) is 35.7 Å². The van der Waals surface area contributed by atoms with Gasteiger partial charge in [0.05, 0.1) is 12.7 Å². The molecular weight excluding hydrogens is 366 g/mol. The zero-order chi connectivity index (χ0) is 20.1. The minimum absolute atomic E-state index is 0.203. The molecule has 8 nitrogen and oxygen atoms in total. The first-order chi connectivity index (χ1) is 12.7. The lowest BCUT2D eigenvalue weighted by atomic mass is 9.87. The van der Waals surface area contributed by atoms with E-state index < -0.39 is 42.1 Å². The maximum Gasteiger partial charge on any atom is 0.387 e. The molecule has 1 heterocycles. The van der Waals surface area contributed by atoms with Gasteiger partial charge in [0.25, 0.3) is 5.56 Å². The van der Waals surface area contributed by atoms with Gasteiger partial charge in [-0.1, -0.05) is 12.1 Å². The largest absolute Gasteiger partial charge is 0.506 e. The van der Waals surface area contributed by atoms with E-state index in [-0.39, 0.29) is 22.4 Å². The molecule has 144 valence electrons. The molecule has 1 aromatic heterocycles. The van der Waals surface area contributed by atoms with Gasteiger partial charge in [-0.3, -0.25) is 9.59 Å². The molecule has 0 saturated heterocycles. The van der Waals surface area contributed by atoms with Crippen molar-refractivity contribution in [3.8, 4) is 11.5 Å². The summed E-state index contributed by atoms with van der Waals surface area (Å²) >= 11 is 0. The maximum atomic E-state index is 12.5. The molecule has 0 bridgehead atoms. The highest BCUT2D eigenvalue weighted by molar-refractivity contribution is 5.92. The standard InChI is InChI=1S/C17H16F2N2O6/c1-26-16(25)11-7-21-15(24)13(14(11)23)10(6-12(20)22)8-3-2-4-9(5-8)27-17(18)19/h2-5,7,10,17H,6H2,1H3,(H2,20,22)(H2,21,23,24)/t10-/m1/s1. The highest BCUT2D eigenvalue weighted by Crippen LogP contribution is 2.34. The van der Waals surface area contributed by atoms with Gasteiger partial charge in [0.2, 0.25) is 5.91 Å². The Bertz CT molecular complexity index is 913. The summed E-state index contributed by atoms with van der Waals surface area (Å²) in [5, 5.41) is 10.4. The second kappa shape index (κ2) is 8.30. The van der Waals surface area contributed by atoms with Gasteiger partial charge in [-0.15, -0.1) is 0 Å². The average molecular weight is 382 g/mol. The van der Waals surface area contributed by atoms with Crippen LogP contribution in [0.2, 0.25) is 0 Å². The van der Waals surface area contributed by atoms with Crippen LogP contribution in [0.3, 0.4) is 0 Å². The second-order valence-electron chi connectivity index (χ2n) is 5.46. The maximum absolute atomic E-state index is 12.5. The molecular formula is C17H16F2N2O6. The molecule has 0 aliphatic heterocycles. The van der Waals surface area contributed by atoms with Crippen molar-refractivity contribution in [1.82, 2.24) is 4.98 Å². The van der Waals surface area contributed by atoms with Crippen molar-refractivity contribution in [3.63, 3.8) is 0 Å². The number of carbonyl (C=O) groups is 2. The number of ether oxygens (including phenoxy) is 2. The number of hydrogen-bond donors (Lipinski definition) is 3. The van der Waals surface area contributed by atoms with Crippen LogP contribution >= 0.6 is 0 Å². The average Bonchev–Trinajstić information content (AvgIpc) is 2.59. The van der Waals surface area contributed by atoms with Crippen LogP contribution in [0.5, 0.6) is 11.5 Å². The summed E-state index contributed by atoms with van der Waals surface area (Å²) in [4.78, 5) is 37.8. The van der Waals surface area contributed by atoms with E-state index in [0.29, 0.717) is 0 Å². The molecule has 0 spiro atoms. The van der Waals surface area contributed by atoms with E-state index in [1.54, 1.807) is 0 Å². The van der Waals surface area contributed by atoms with Gasteiger partial charge in [0, 0.05) is 18.5 Å². The number of pyridine rings is 1. The van der Waals surface area contributed by atoms with Crippen molar-refractivity contribution in [3.05, 3.63) is 57.5 Å². The predicted molar refractivity (Wildman–Crippen MR) is 88.8 cm³/mol. The van der Waals surface area contributed by atoms with Gasteiger partial charge in [0.1, 0.15) is 17.1 Å². The molecule has 0 saturated carbocycles. The van der Waals surface area contributed by atoms with Crippen molar-refractivity contribution in [2.24, 2.45) is 5.73 Å². The highest BCUT2D eigenvalue weighted by Gasteiger charge is 2.27. The van der Waals surface area contributed by atoms with E-state index in [2.05, 4.69) is 14.5 Å². The monoisotopic (exact) mass is 382 g/mol. The van der Waals surface area contributed by atoms with E-state index in [1.807, 2.05) is 0 Å². The Morgan fingerprint density at radius 3 is 2.63 bits per heavy atom. The topological polar surface area (TPSA) is 132 Å². The summed E-state index contributed by atoms with van der Waals surface area (Å²) < 4.78 is 33.7. The Kier molecular flexibility index (Phi) is 6.11. The molecule has 2 aromatic rings. The summed E-state index contributed by atoms with van der Waals surface area (Å²) in [7, 11) is 1.08. The van der Waals surface area contributed by atoms with Crippen molar-refractivity contribution in [2.45, 2.75) is 19.0 Å². The number of methoxy groups -OCH3 is 1. The number of benzene rings is 1. The molecule has 1 atom stereocenters. The third-order valence-corrected chi connectivity index (χ3v) is 3.75. The molecule has 0 unspecified atom stereocenters. The third-order valence-electron chi connectivity index (χ3n) is 3.75. The lowest BCUT2D eigenvalue weighted by molar-refractivity contribution is -0.118. The Morgan fingerprint density at radius 1 is 1.33 bits per heavy atom. The fourth-order valence-electron chi connectivity index (χ4n) is 2.62. The SMILES string of the molecule is COC(=O)c1c[nH]c(=O)c([C@H](CC(N)=O)c2cccc(OC(F)F)c2)c1O. The minimum atomic E-state index is -3.07. The summed E-state index contributed by atoms with van der Waals surface area (Å²) in [5.74, 6) is -3.76. The number of H-pyrrole nitrogens is 1. The van der Waals surface area contributed by atoms with E-state index >= 15 is 0 Å². The van der Waals surface area contributed by atoms with Crippen molar-refractivity contribution >= 4 is 11.9 Å². The Hall–Kier alpha value is -3.43. The van der Waals surface area contributed by atoms with Gasteiger partial charge in [-0.25, -0.2) is 4.79 Å². The van der Waals surface area contributed by atoms with Gasteiger partial charge < -0.3 is 25.3 Å². The predicted octanol–water partition coefficient (Wildman–Crippen LogP) is 1.48. The normalized spacial score (nSPS) is 11.9. The van der Waals surface area contributed by atoms with Gasteiger partial charge >= 0.3 is 12.6 Å². The number of rotatable bonds is 7. The molecule has 0 radical (unpaired) electrons. The first kappa shape index (κ1) is 19.9. The lowest BCUT2D eigenvalue weighted by Gasteiger charge is -2.18. The lowest BCUT2D eigenvalue weighted by Crippen LogP contribution is -2.24. The van der Waals surface area contributed by atoms with E-state index in [4.69, 9.17) is 5.73 Å². The van der Waals surface area contributed by atoms with Crippen LogP contribution in [-0.2, 0) is 9.53 Å². The third kappa shape index (κ3) is 4.60. The summed E-state index contributed by atoms with van der Waals surface area (Å²) in [6, 6.07) is 5.25. The van der Waals surface area contributed by atoms with Crippen LogP contribution < -0.4 is 16.0 Å². The zero-order valence-corrected chi connectivity index (χ0v) is 14.1. The number of aromatic nitrogens is 1. The minimum Gasteiger partial charge on any atom is -0.506 e. The summed E-state index contributed by atoms with van der Waals surface area (Å²) in [6.45, 7) is -3.07. The number of esters is 1. The van der Waals surface area contributed by atoms with Gasteiger partial charge in [-0.2, -0.15) is 8.78 Å². The van der Waals surface area contributed by atoms with Crippen LogP contribution in [0.15, 0.2) is 35.3 Å². The Labute approximate surface area is 151 Å². The van der Waals surface area contributed by atoms with Crippen LogP contribution in [0.25, 0.3) is 0 Å². The molecule has 2 rings (SSSR count). The molecule has 0 aliphatic carbocycles. The van der Waals surface area contributed by atoms with E-state index in [1.165, 1.54) is 24.3 Å². The molecule has 0 fully saturated rings. The van der Waals surface area contributed by atoms with Crippen molar-refractivity contribution in [1.29, 1.82) is 0 Å². The summed E-state index contributed by atoms with van der Waals surface area (Å²) in [6.07, 6.45) is 0.532. The zero-order valence-electron chi connectivity index (χ0n) is 14.1. The van der Waals surface area contributed by atoms with Crippen LogP contribution in [0, 0.1) is 0 Å². The molecule has 0 aliphatic rings. The smallest absolute Gasteiger partial charge is 0.387 e. The molecule has 10 heteroatoms. The Morgan fingerprint density at radius 2 is 2.04 bits per heavy atom. The number of carbonyl (C=O) groups excluding carboxylic acids is 2. The fraction of sp³-hybridized carbons (Fsp3) is 0.235. The molecule has 27 heavy (non-hydrogen) atoms. The first-order valence-electron chi connectivity index (χ1n) is 7.60.